The Morgan fingerprint density at radius 1 is 1.36 bits per heavy atom. The Labute approximate surface area is 93.2 Å². The average molecular weight is 219 g/mol. The summed E-state index contributed by atoms with van der Waals surface area (Å²) in [6, 6.07) is 0.659. The fourth-order valence-electron chi connectivity index (χ4n) is 1.63. The molecule has 0 heterocycles. The van der Waals surface area contributed by atoms with Crippen LogP contribution in [0.1, 0.15) is 33.1 Å². The van der Waals surface area contributed by atoms with Gasteiger partial charge in [-0.05, 0) is 19.9 Å². The molecule has 3 heteroatoms. The highest BCUT2D eigenvalue weighted by molar-refractivity contribution is 7.99. The van der Waals surface area contributed by atoms with E-state index in [1.807, 2.05) is 11.8 Å². The summed E-state index contributed by atoms with van der Waals surface area (Å²) in [7, 11) is 3.84. The van der Waals surface area contributed by atoms with E-state index in [-0.39, 0.29) is 0 Å². The normalized spacial score (nSPS) is 15.4. The maximum absolute atomic E-state index is 5.07. The van der Waals surface area contributed by atoms with Gasteiger partial charge in [-0.3, -0.25) is 0 Å². The Balaban J connectivity index is 3.81. The molecule has 0 aromatic rings. The molecule has 0 saturated heterocycles. The molecular weight excluding hydrogens is 194 g/mol. The number of ether oxygens (including phenoxy) is 1. The molecule has 0 radical (unpaired) electrons. The van der Waals surface area contributed by atoms with Crippen molar-refractivity contribution < 1.29 is 4.74 Å². The van der Waals surface area contributed by atoms with Crippen molar-refractivity contribution in [1.82, 2.24) is 5.32 Å². The average Bonchev–Trinajstić information content (AvgIpc) is 2.22. The largest absolute Gasteiger partial charge is 0.384 e. The molecule has 2 unspecified atom stereocenters. The standard InChI is InChI=1S/C11H25NOS/c1-5-7-10(12-3)11(6-2)14-9-8-13-4/h10-12H,5-9H2,1-4H3. The number of thioether (sulfide) groups is 1. The van der Waals surface area contributed by atoms with Crippen molar-refractivity contribution in [1.29, 1.82) is 0 Å². The molecule has 2 atom stereocenters. The highest BCUT2D eigenvalue weighted by Gasteiger charge is 2.17. The molecule has 0 spiro atoms. The van der Waals surface area contributed by atoms with Gasteiger partial charge in [0.15, 0.2) is 0 Å². The first kappa shape index (κ1) is 14.3. The Kier molecular flexibility index (Phi) is 10.0. The predicted octanol–water partition coefficient (Wildman–Crippen LogP) is 2.53. The first-order valence-corrected chi connectivity index (χ1v) is 6.62. The van der Waals surface area contributed by atoms with Crippen LogP contribution in [0, 0.1) is 0 Å². The smallest absolute Gasteiger partial charge is 0.0553 e. The van der Waals surface area contributed by atoms with Crippen LogP contribution >= 0.6 is 11.8 Å². The van der Waals surface area contributed by atoms with Crippen molar-refractivity contribution >= 4 is 11.8 Å². The Hall–Kier alpha value is 0.270. The minimum atomic E-state index is 0.659. The van der Waals surface area contributed by atoms with Crippen LogP contribution in [0.5, 0.6) is 0 Å². The van der Waals surface area contributed by atoms with Crippen LogP contribution in [0.25, 0.3) is 0 Å². The lowest BCUT2D eigenvalue weighted by Crippen LogP contribution is -2.35. The summed E-state index contributed by atoms with van der Waals surface area (Å²) in [5.74, 6) is 1.11. The van der Waals surface area contributed by atoms with Gasteiger partial charge >= 0.3 is 0 Å². The van der Waals surface area contributed by atoms with E-state index in [4.69, 9.17) is 4.74 Å². The third-order valence-electron chi connectivity index (χ3n) is 2.44. The Bertz CT molecular complexity index is 122. The van der Waals surface area contributed by atoms with E-state index < -0.39 is 0 Å². The van der Waals surface area contributed by atoms with Gasteiger partial charge in [0.05, 0.1) is 6.61 Å². The van der Waals surface area contributed by atoms with E-state index in [9.17, 15) is 0 Å². The second-order valence-corrected chi connectivity index (χ2v) is 4.84. The Morgan fingerprint density at radius 3 is 2.50 bits per heavy atom. The summed E-state index contributed by atoms with van der Waals surface area (Å²) >= 11 is 2.03. The molecule has 0 aromatic heterocycles. The van der Waals surface area contributed by atoms with Gasteiger partial charge in [-0.1, -0.05) is 20.3 Å². The third kappa shape index (κ3) is 5.89. The summed E-state index contributed by atoms with van der Waals surface area (Å²) in [6.45, 7) is 5.38. The van der Waals surface area contributed by atoms with Crippen molar-refractivity contribution in [3.63, 3.8) is 0 Å². The van der Waals surface area contributed by atoms with E-state index in [2.05, 4.69) is 26.2 Å². The van der Waals surface area contributed by atoms with Gasteiger partial charge in [-0.15, -0.1) is 0 Å². The van der Waals surface area contributed by atoms with E-state index in [0.717, 1.165) is 17.6 Å². The summed E-state index contributed by atoms with van der Waals surface area (Å²) in [5.41, 5.74) is 0. The number of hydrogen-bond donors (Lipinski definition) is 1. The minimum Gasteiger partial charge on any atom is -0.384 e. The van der Waals surface area contributed by atoms with Crippen molar-refractivity contribution in [3.8, 4) is 0 Å². The predicted molar refractivity (Wildman–Crippen MR) is 66.2 cm³/mol. The molecule has 1 N–H and O–H groups in total. The van der Waals surface area contributed by atoms with E-state index in [1.54, 1.807) is 7.11 Å². The molecule has 0 aliphatic rings. The van der Waals surface area contributed by atoms with Crippen LogP contribution in [0.4, 0.5) is 0 Å². The van der Waals surface area contributed by atoms with Gasteiger partial charge < -0.3 is 10.1 Å². The van der Waals surface area contributed by atoms with Crippen LogP contribution in [0.15, 0.2) is 0 Å². The van der Waals surface area contributed by atoms with Crippen LogP contribution in [-0.2, 0) is 4.74 Å². The molecule has 2 nitrogen and oxygen atoms in total. The van der Waals surface area contributed by atoms with Crippen molar-refractivity contribution in [2.75, 3.05) is 26.5 Å². The summed E-state index contributed by atoms with van der Waals surface area (Å²) in [6.07, 6.45) is 3.77. The highest BCUT2D eigenvalue weighted by Crippen LogP contribution is 2.20. The third-order valence-corrected chi connectivity index (χ3v) is 3.93. The van der Waals surface area contributed by atoms with Crippen molar-refractivity contribution in [2.45, 2.75) is 44.4 Å². The Morgan fingerprint density at radius 2 is 2.07 bits per heavy atom. The fourth-order valence-corrected chi connectivity index (χ4v) is 2.93. The van der Waals surface area contributed by atoms with Crippen molar-refractivity contribution in [2.24, 2.45) is 0 Å². The molecule has 0 amide bonds. The van der Waals surface area contributed by atoms with E-state index >= 15 is 0 Å². The molecule has 0 aliphatic carbocycles. The summed E-state index contributed by atoms with van der Waals surface area (Å²) in [4.78, 5) is 0. The molecule has 0 fully saturated rings. The van der Waals surface area contributed by atoms with Crippen LogP contribution in [-0.4, -0.2) is 37.8 Å². The lowest BCUT2D eigenvalue weighted by Gasteiger charge is -2.25. The number of rotatable bonds is 9. The minimum absolute atomic E-state index is 0.659. The molecular formula is C11H25NOS. The van der Waals surface area contributed by atoms with Gasteiger partial charge in [-0.25, -0.2) is 0 Å². The lowest BCUT2D eigenvalue weighted by atomic mass is 10.1. The summed E-state index contributed by atoms with van der Waals surface area (Å²) < 4.78 is 5.07. The molecule has 0 saturated carbocycles. The van der Waals surface area contributed by atoms with Crippen LogP contribution in [0.2, 0.25) is 0 Å². The zero-order chi connectivity index (χ0) is 10.8. The first-order chi connectivity index (χ1) is 6.79. The van der Waals surface area contributed by atoms with Gasteiger partial charge in [0.2, 0.25) is 0 Å². The second-order valence-electron chi connectivity index (χ2n) is 3.49. The molecule has 86 valence electrons. The maximum Gasteiger partial charge on any atom is 0.0553 e. The molecule has 14 heavy (non-hydrogen) atoms. The van der Waals surface area contributed by atoms with Crippen LogP contribution < -0.4 is 5.32 Å². The second kappa shape index (κ2) is 9.81. The monoisotopic (exact) mass is 219 g/mol. The zero-order valence-corrected chi connectivity index (χ0v) is 10.8. The van der Waals surface area contributed by atoms with Crippen LogP contribution in [0.3, 0.4) is 0 Å². The SMILES string of the molecule is CCCC(NC)C(CC)SCCOC. The molecule has 0 aliphatic heterocycles. The first-order valence-electron chi connectivity index (χ1n) is 5.57. The van der Waals surface area contributed by atoms with Gasteiger partial charge in [0, 0.05) is 24.2 Å². The van der Waals surface area contributed by atoms with Gasteiger partial charge in [-0.2, -0.15) is 11.8 Å². The van der Waals surface area contributed by atoms with Gasteiger partial charge in [0.25, 0.3) is 0 Å². The number of methoxy groups -OCH3 is 1. The fraction of sp³-hybridized carbons (Fsp3) is 1.00. The zero-order valence-electron chi connectivity index (χ0n) is 10.0. The van der Waals surface area contributed by atoms with E-state index in [0.29, 0.717) is 6.04 Å². The lowest BCUT2D eigenvalue weighted by molar-refractivity contribution is 0.218. The molecule has 0 aromatic carbocycles. The number of nitrogens with one attached hydrogen (secondary N) is 1. The number of hydrogen-bond acceptors (Lipinski definition) is 3. The van der Waals surface area contributed by atoms with Gasteiger partial charge in [0.1, 0.15) is 0 Å². The van der Waals surface area contributed by atoms with Crippen molar-refractivity contribution in [3.05, 3.63) is 0 Å². The molecule has 0 rings (SSSR count). The molecule has 0 bridgehead atoms. The quantitative estimate of drug-likeness (QED) is 0.602. The maximum atomic E-state index is 5.07. The topological polar surface area (TPSA) is 21.3 Å². The summed E-state index contributed by atoms with van der Waals surface area (Å²) in [5, 5.41) is 4.15. The highest BCUT2D eigenvalue weighted by atomic mass is 32.2. The van der Waals surface area contributed by atoms with E-state index in [1.165, 1.54) is 19.3 Å².